The van der Waals surface area contributed by atoms with Gasteiger partial charge in [-0.05, 0) is 12.0 Å². The van der Waals surface area contributed by atoms with E-state index in [0.717, 1.165) is 11.1 Å². The molecule has 4 heterocycles. The maximum Gasteiger partial charge on any atom is 0.419 e. The Bertz CT molecular complexity index is 1290. The molecule has 0 bridgehead atoms. The summed E-state index contributed by atoms with van der Waals surface area (Å²) in [6, 6.07) is 0.462. The molecule has 1 saturated heterocycles. The summed E-state index contributed by atoms with van der Waals surface area (Å²) in [5.41, 5.74) is -1.85. The van der Waals surface area contributed by atoms with Crippen LogP contribution in [0, 0.1) is 5.92 Å². The Balaban J connectivity index is 1.65. The molecule has 0 aliphatic carbocycles. The Morgan fingerprint density at radius 2 is 1.72 bits per heavy atom. The molecule has 3 aromatic heterocycles. The Kier molecular flexibility index (Phi) is 7.44. The zero-order chi connectivity index (χ0) is 28.6. The number of alkyl halides is 8. The Morgan fingerprint density at radius 1 is 1.08 bits per heavy atom. The Hall–Kier alpha value is -3.92. The SMILES string of the molecule is C[C@@H]1CC(F)(F)CN(C(=O)c2nn(CC(F)(F)F)cc2-c2ncccn2)[C@@H]1CNc1ncc(C(F)(F)F)cn1. The van der Waals surface area contributed by atoms with Crippen molar-refractivity contribution in [3.05, 3.63) is 48.3 Å². The standard InChI is InChI=1S/C22H20F8N8O/c1-12-5-20(23,24)10-38(15(12)8-35-19-33-6-13(7-34-19)22(28,29)30)18(39)16-14(17-31-3-2-4-32-17)9-37(36-16)11-21(25,26)27/h2-4,6-7,9,12,15H,5,8,10-11H2,1H3,(H,33,34,35)/t12-,15-/m1/s1. The van der Waals surface area contributed by atoms with Crippen molar-refractivity contribution >= 4 is 11.9 Å². The lowest BCUT2D eigenvalue weighted by Gasteiger charge is -2.43. The molecule has 0 saturated carbocycles. The van der Waals surface area contributed by atoms with Gasteiger partial charge in [0.2, 0.25) is 5.95 Å². The number of nitrogens with one attached hydrogen (secondary N) is 1. The summed E-state index contributed by atoms with van der Waals surface area (Å²) >= 11 is 0. The molecule has 39 heavy (non-hydrogen) atoms. The number of amides is 1. The lowest BCUT2D eigenvalue weighted by atomic mass is 9.88. The summed E-state index contributed by atoms with van der Waals surface area (Å²) in [4.78, 5) is 29.4. The summed E-state index contributed by atoms with van der Waals surface area (Å²) in [6.07, 6.45) is -5.43. The van der Waals surface area contributed by atoms with Crippen LogP contribution in [0.1, 0.15) is 29.4 Å². The average Bonchev–Trinajstić information content (AvgIpc) is 3.24. The molecule has 210 valence electrons. The highest BCUT2D eigenvalue weighted by atomic mass is 19.4. The van der Waals surface area contributed by atoms with Gasteiger partial charge in [0, 0.05) is 43.9 Å². The van der Waals surface area contributed by atoms with Crippen molar-refractivity contribution in [2.45, 2.75) is 44.2 Å². The van der Waals surface area contributed by atoms with Crippen LogP contribution in [0.15, 0.2) is 37.1 Å². The minimum atomic E-state index is -4.69. The lowest BCUT2D eigenvalue weighted by Crippen LogP contribution is -2.57. The first-order valence-electron chi connectivity index (χ1n) is 11.4. The fraction of sp³-hybridized carbons (Fsp3) is 0.455. The number of hydrogen-bond donors (Lipinski definition) is 1. The first kappa shape index (κ1) is 28.1. The molecule has 17 heteroatoms. The van der Waals surface area contributed by atoms with E-state index >= 15 is 0 Å². The van der Waals surface area contributed by atoms with Gasteiger partial charge in [-0.1, -0.05) is 6.92 Å². The second-order valence-electron chi connectivity index (χ2n) is 8.99. The van der Waals surface area contributed by atoms with Crippen LogP contribution >= 0.6 is 0 Å². The molecule has 1 N–H and O–H groups in total. The van der Waals surface area contributed by atoms with E-state index in [0.29, 0.717) is 17.1 Å². The molecular weight excluding hydrogens is 544 g/mol. The molecule has 1 amide bonds. The van der Waals surface area contributed by atoms with Crippen LogP contribution in [-0.4, -0.2) is 71.8 Å². The number of nitrogens with zero attached hydrogens (tertiary/aromatic N) is 7. The van der Waals surface area contributed by atoms with Gasteiger partial charge in [-0.25, -0.2) is 28.7 Å². The molecule has 3 aromatic rings. The predicted octanol–water partition coefficient (Wildman–Crippen LogP) is 4.31. The number of rotatable bonds is 6. The maximum absolute atomic E-state index is 14.6. The summed E-state index contributed by atoms with van der Waals surface area (Å²) in [5.74, 6) is -5.64. The minimum absolute atomic E-state index is 0.140. The molecule has 1 aliphatic heterocycles. The highest BCUT2D eigenvalue weighted by Crippen LogP contribution is 2.36. The molecule has 0 radical (unpaired) electrons. The number of anilines is 1. The van der Waals surface area contributed by atoms with E-state index in [1.807, 2.05) is 0 Å². The van der Waals surface area contributed by atoms with E-state index in [2.05, 4.69) is 30.4 Å². The van der Waals surface area contributed by atoms with Gasteiger partial charge in [0.1, 0.15) is 6.54 Å². The topological polar surface area (TPSA) is 102 Å². The van der Waals surface area contributed by atoms with Crippen molar-refractivity contribution in [3.8, 4) is 11.4 Å². The number of hydrogen-bond acceptors (Lipinski definition) is 7. The van der Waals surface area contributed by atoms with Gasteiger partial charge in [0.05, 0.1) is 23.7 Å². The zero-order valence-corrected chi connectivity index (χ0v) is 20.0. The molecule has 0 spiro atoms. The average molecular weight is 564 g/mol. The van der Waals surface area contributed by atoms with Gasteiger partial charge in [-0.2, -0.15) is 31.4 Å². The summed E-state index contributed by atoms with van der Waals surface area (Å²) in [5, 5.41) is 6.38. The van der Waals surface area contributed by atoms with Crippen LogP contribution < -0.4 is 5.32 Å². The van der Waals surface area contributed by atoms with Gasteiger partial charge in [0.15, 0.2) is 11.5 Å². The number of carbonyl (C=O) groups excluding carboxylic acids is 1. The normalized spacial score (nSPS) is 19.7. The van der Waals surface area contributed by atoms with Gasteiger partial charge in [0.25, 0.3) is 11.8 Å². The van der Waals surface area contributed by atoms with Gasteiger partial charge < -0.3 is 10.2 Å². The second-order valence-corrected chi connectivity index (χ2v) is 8.99. The third-order valence-electron chi connectivity index (χ3n) is 5.90. The van der Waals surface area contributed by atoms with E-state index in [-0.39, 0.29) is 23.9 Å². The molecule has 1 fully saturated rings. The van der Waals surface area contributed by atoms with Gasteiger partial charge in [-0.3, -0.25) is 9.48 Å². The van der Waals surface area contributed by atoms with Crippen LogP contribution in [0.3, 0.4) is 0 Å². The van der Waals surface area contributed by atoms with Crippen molar-refractivity contribution in [1.29, 1.82) is 0 Å². The monoisotopic (exact) mass is 564 g/mol. The van der Waals surface area contributed by atoms with E-state index in [4.69, 9.17) is 0 Å². The van der Waals surface area contributed by atoms with E-state index in [1.165, 1.54) is 25.4 Å². The van der Waals surface area contributed by atoms with Gasteiger partial charge in [-0.15, -0.1) is 0 Å². The van der Waals surface area contributed by atoms with Gasteiger partial charge >= 0.3 is 12.4 Å². The highest BCUT2D eigenvalue weighted by Gasteiger charge is 2.47. The summed E-state index contributed by atoms with van der Waals surface area (Å²) < 4.78 is 107. The molecule has 4 rings (SSSR count). The van der Waals surface area contributed by atoms with Crippen LogP contribution in [0.2, 0.25) is 0 Å². The molecule has 0 aromatic carbocycles. The summed E-state index contributed by atoms with van der Waals surface area (Å²) in [6.45, 7) is -1.42. The fourth-order valence-electron chi connectivity index (χ4n) is 4.22. The zero-order valence-electron chi connectivity index (χ0n) is 20.0. The van der Waals surface area contributed by atoms with Crippen molar-refractivity contribution in [2.24, 2.45) is 5.92 Å². The first-order chi connectivity index (χ1) is 18.1. The first-order valence-corrected chi connectivity index (χ1v) is 11.4. The van der Waals surface area contributed by atoms with E-state index < -0.39 is 66.9 Å². The molecule has 0 unspecified atom stereocenters. The number of carbonyl (C=O) groups is 1. The van der Waals surface area contributed by atoms with Crippen LogP contribution in [0.5, 0.6) is 0 Å². The van der Waals surface area contributed by atoms with E-state index in [9.17, 15) is 39.9 Å². The van der Waals surface area contributed by atoms with Crippen LogP contribution in [0.25, 0.3) is 11.4 Å². The fourth-order valence-corrected chi connectivity index (χ4v) is 4.22. The quantitative estimate of drug-likeness (QED) is 0.446. The van der Waals surface area contributed by atoms with Crippen molar-refractivity contribution in [1.82, 2.24) is 34.6 Å². The number of halogens is 8. The molecule has 9 nitrogen and oxygen atoms in total. The number of likely N-dealkylation sites (tertiary alicyclic amines) is 1. The second kappa shape index (κ2) is 10.3. The molecule has 1 aliphatic rings. The third-order valence-corrected chi connectivity index (χ3v) is 5.90. The third kappa shape index (κ3) is 6.75. The van der Waals surface area contributed by atoms with Crippen molar-refractivity contribution in [3.63, 3.8) is 0 Å². The predicted molar refractivity (Wildman–Crippen MR) is 118 cm³/mol. The summed E-state index contributed by atoms with van der Waals surface area (Å²) in [7, 11) is 0. The van der Waals surface area contributed by atoms with Crippen molar-refractivity contribution in [2.75, 3.05) is 18.4 Å². The number of aromatic nitrogens is 6. The smallest absolute Gasteiger partial charge is 0.352 e. The Labute approximate surface area is 215 Å². The highest BCUT2D eigenvalue weighted by molar-refractivity contribution is 5.98. The van der Waals surface area contributed by atoms with Crippen LogP contribution in [-0.2, 0) is 12.7 Å². The Morgan fingerprint density at radius 3 is 2.31 bits per heavy atom. The maximum atomic E-state index is 14.6. The van der Waals surface area contributed by atoms with E-state index in [1.54, 1.807) is 0 Å². The molecule has 2 atom stereocenters. The largest absolute Gasteiger partial charge is 0.419 e. The van der Waals surface area contributed by atoms with Crippen LogP contribution in [0.4, 0.5) is 41.1 Å². The minimum Gasteiger partial charge on any atom is -0.352 e. The molecular formula is C22H20F8N8O. The number of piperidine rings is 1. The van der Waals surface area contributed by atoms with Crippen molar-refractivity contribution < 1.29 is 39.9 Å². The lowest BCUT2D eigenvalue weighted by molar-refractivity contribution is -0.142.